The van der Waals surface area contributed by atoms with E-state index in [1.165, 1.54) is 0 Å². The lowest BCUT2D eigenvalue weighted by molar-refractivity contribution is 0.465. The van der Waals surface area contributed by atoms with Crippen LogP contribution in [0, 0.1) is 0 Å². The Morgan fingerprint density at radius 1 is 1.00 bits per heavy atom. The molecule has 0 aliphatic carbocycles. The van der Waals surface area contributed by atoms with Crippen molar-refractivity contribution in [3.63, 3.8) is 0 Å². The standard InChI is InChI=1S/C15H11ClN2O/c16-10-12-6-2-8-14(18-12)19-13-7-1-4-11-5-3-9-17-15(11)13/h1-9H,10H2. The summed E-state index contributed by atoms with van der Waals surface area (Å²) in [6.45, 7) is 0. The van der Waals surface area contributed by atoms with Gasteiger partial charge in [0.1, 0.15) is 5.52 Å². The van der Waals surface area contributed by atoms with Crippen LogP contribution in [0.2, 0.25) is 0 Å². The van der Waals surface area contributed by atoms with Crippen molar-refractivity contribution >= 4 is 22.5 Å². The fourth-order valence-corrected chi connectivity index (χ4v) is 2.01. The van der Waals surface area contributed by atoms with E-state index >= 15 is 0 Å². The van der Waals surface area contributed by atoms with Gasteiger partial charge in [-0.05, 0) is 18.2 Å². The maximum absolute atomic E-state index is 5.80. The molecule has 0 bridgehead atoms. The molecule has 3 aromatic rings. The molecule has 0 N–H and O–H groups in total. The number of ether oxygens (including phenoxy) is 1. The van der Waals surface area contributed by atoms with Crippen LogP contribution in [0.15, 0.2) is 54.7 Å². The maximum atomic E-state index is 5.80. The van der Waals surface area contributed by atoms with Gasteiger partial charge in [-0.25, -0.2) is 4.98 Å². The Balaban J connectivity index is 2.01. The van der Waals surface area contributed by atoms with Gasteiger partial charge in [-0.1, -0.05) is 24.3 Å². The minimum Gasteiger partial charge on any atom is -0.437 e. The summed E-state index contributed by atoms with van der Waals surface area (Å²) in [7, 11) is 0. The van der Waals surface area contributed by atoms with Gasteiger partial charge in [0, 0.05) is 17.6 Å². The molecule has 0 unspecified atom stereocenters. The van der Waals surface area contributed by atoms with Gasteiger partial charge < -0.3 is 4.74 Å². The summed E-state index contributed by atoms with van der Waals surface area (Å²) in [5, 5.41) is 1.04. The number of aromatic nitrogens is 2. The van der Waals surface area contributed by atoms with E-state index < -0.39 is 0 Å². The second kappa shape index (κ2) is 5.24. The quantitative estimate of drug-likeness (QED) is 0.670. The zero-order valence-electron chi connectivity index (χ0n) is 10.1. The van der Waals surface area contributed by atoms with Gasteiger partial charge in [0.2, 0.25) is 5.88 Å². The average molecular weight is 271 g/mol. The smallest absolute Gasteiger partial charge is 0.219 e. The Morgan fingerprint density at radius 2 is 1.84 bits per heavy atom. The molecule has 0 saturated heterocycles. The normalized spacial score (nSPS) is 10.6. The molecular formula is C15H11ClN2O. The highest BCUT2D eigenvalue weighted by molar-refractivity contribution is 6.16. The number of hydrogen-bond acceptors (Lipinski definition) is 3. The number of para-hydroxylation sites is 1. The van der Waals surface area contributed by atoms with Crippen molar-refractivity contribution in [2.24, 2.45) is 0 Å². The summed E-state index contributed by atoms with van der Waals surface area (Å²) in [6.07, 6.45) is 1.75. The van der Waals surface area contributed by atoms with Gasteiger partial charge in [0.25, 0.3) is 0 Å². The number of rotatable bonds is 3. The van der Waals surface area contributed by atoms with Gasteiger partial charge in [-0.2, -0.15) is 0 Å². The molecule has 19 heavy (non-hydrogen) atoms. The monoisotopic (exact) mass is 270 g/mol. The van der Waals surface area contributed by atoms with Crippen molar-refractivity contribution in [1.29, 1.82) is 0 Å². The number of fused-ring (bicyclic) bond motifs is 1. The molecule has 1 aromatic carbocycles. The largest absolute Gasteiger partial charge is 0.437 e. The van der Waals surface area contributed by atoms with Crippen molar-refractivity contribution < 1.29 is 4.74 Å². The number of alkyl halides is 1. The average Bonchev–Trinajstić information content (AvgIpc) is 2.48. The van der Waals surface area contributed by atoms with Gasteiger partial charge >= 0.3 is 0 Å². The Morgan fingerprint density at radius 3 is 2.74 bits per heavy atom. The van der Waals surface area contributed by atoms with Crippen molar-refractivity contribution in [3.05, 3.63) is 60.4 Å². The van der Waals surface area contributed by atoms with Crippen molar-refractivity contribution in [3.8, 4) is 11.6 Å². The summed E-state index contributed by atoms with van der Waals surface area (Å²) in [5.41, 5.74) is 1.61. The predicted molar refractivity (Wildman–Crippen MR) is 75.6 cm³/mol. The summed E-state index contributed by atoms with van der Waals surface area (Å²) < 4.78 is 5.80. The number of hydrogen-bond donors (Lipinski definition) is 0. The molecule has 2 aromatic heterocycles. The summed E-state index contributed by atoms with van der Waals surface area (Å²) in [4.78, 5) is 8.65. The van der Waals surface area contributed by atoms with E-state index in [4.69, 9.17) is 16.3 Å². The Hall–Kier alpha value is -2.13. The molecule has 0 radical (unpaired) electrons. The van der Waals surface area contributed by atoms with Crippen LogP contribution in [-0.2, 0) is 5.88 Å². The van der Waals surface area contributed by atoms with E-state index in [0.717, 1.165) is 16.6 Å². The molecule has 0 fully saturated rings. The van der Waals surface area contributed by atoms with E-state index in [1.54, 1.807) is 12.3 Å². The summed E-state index contributed by atoms with van der Waals surface area (Å²) in [6, 6.07) is 15.3. The molecule has 3 rings (SSSR count). The van der Waals surface area contributed by atoms with E-state index in [-0.39, 0.29) is 0 Å². The minimum absolute atomic E-state index is 0.366. The zero-order valence-corrected chi connectivity index (χ0v) is 10.8. The SMILES string of the molecule is ClCc1cccc(Oc2cccc3cccnc23)n1. The Kier molecular flexibility index (Phi) is 3.29. The molecule has 2 heterocycles. The molecule has 0 atom stereocenters. The third kappa shape index (κ3) is 2.51. The zero-order chi connectivity index (χ0) is 13.1. The van der Waals surface area contributed by atoms with Crippen LogP contribution in [0.4, 0.5) is 0 Å². The van der Waals surface area contributed by atoms with Gasteiger partial charge in [0.05, 0.1) is 11.6 Å². The van der Waals surface area contributed by atoms with Gasteiger partial charge in [0.15, 0.2) is 5.75 Å². The number of pyridine rings is 2. The van der Waals surface area contributed by atoms with E-state index in [9.17, 15) is 0 Å². The van der Waals surface area contributed by atoms with Crippen molar-refractivity contribution in [2.45, 2.75) is 5.88 Å². The topological polar surface area (TPSA) is 35.0 Å². The Labute approximate surface area is 115 Å². The number of halogens is 1. The fraction of sp³-hybridized carbons (Fsp3) is 0.0667. The summed E-state index contributed by atoms with van der Waals surface area (Å²) in [5.74, 6) is 1.58. The van der Waals surface area contributed by atoms with Crippen LogP contribution in [-0.4, -0.2) is 9.97 Å². The predicted octanol–water partition coefficient (Wildman–Crippen LogP) is 4.16. The minimum atomic E-state index is 0.366. The highest BCUT2D eigenvalue weighted by Gasteiger charge is 2.05. The molecule has 0 aliphatic heterocycles. The molecule has 3 nitrogen and oxygen atoms in total. The third-order valence-corrected chi connectivity index (χ3v) is 3.00. The van der Waals surface area contributed by atoms with Crippen LogP contribution in [0.3, 0.4) is 0 Å². The number of benzene rings is 1. The number of nitrogens with zero attached hydrogens (tertiary/aromatic N) is 2. The van der Waals surface area contributed by atoms with Crippen LogP contribution < -0.4 is 4.74 Å². The first-order valence-electron chi connectivity index (χ1n) is 5.90. The lowest BCUT2D eigenvalue weighted by Crippen LogP contribution is -1.92. The highest BCUT2D eigenvalue weighted by atomic mass is 35.5. The Bertz CT molecular complexity index is 710. The highest BCUT2D eigenvalue weighted by Crippen LogP contribution is 2.27. The van der Waals surface area contributed by atoms with Crippen LogP contribution in [0.1, 0.15) is 5.69 Å². The molecule has 4 heteroatoms. The van der Waals surface area contributed by atoms with Crippen molar-refractivity contribution in [1.82, 2.24) is 9.97 Å². The molecule has 0 aliphatic rings. The summed E-state index contributed by atoms with van der Waals surface area (Å²) >= 11 is 5.77. The first-order valence-corrected chi connectivity index (χ1v) is 6.44. The first kappa shape index (κ1) is 11.9. The van der Waals surface area contributed by atoms with Gasteiger partial charge in [-0.15, -0.1) is 11.6 Å². The first-order chi connectivity index (χ1) is 9.36. The van der Waals surface area contributed by atoms with E-state index in [2.05, 4.69) is 9.97 Å². The molecule has 0 spiro atoms. The fourth-order valence-electron chi connectivity index (χ4n) is 1.86. The third-order valence-electron chi connectivity index (χ3n) is 2.73. The molecular weight excluding hydrogens is 260 g/mol. The molecule has 94 valence electrons. The van der Waals surface area contributed by atoms with E-state index in [0.29, 0.717) is 17.5 Å². The van der Waals surface area contributed by atoms with Crippen LogP contribution in [0.5, 0.6) is 11.6 Å². The second-order valence-electron chi connectivity index (χ2n) is 4.03. The van der Waals surface area contributed by atoms with E-state index in [1.807, 2.05) is 42.5 Å². The molecule has 0 saturated carbocycles. The van der Waals surface area contributed by atoms with Gasteiger partial charge in [-0.3, -0.25) is 4.98 Å². The maximum Gasteiger partial charge on any atom is 0.219 e. The lowest BCUT2D eigenvalue weighted by Gasteiger charge is -2.07. The molecule has 0 amide bonds. The van der Waals surface area contributed by atoms with Crippen LogP contribution >= 0.6 is 11.6 Å². The lowest BCUT2D eigenvalue weighted by atomic mass is 10.2. The van der Waals surface area contributed by atoms with Crippen LogP contribution in [0.25, 0.3) is 10.9 Å². The second-order valence-corrected chi connectivity index (χ2v) is 4.30. The van der Waals surface area contributed by atoms with Crippen molar-refractivity contribution in [2.75, 3.05) is 0 Å².